The molecule has 0 aliphatic carbocycles. The van der Waals surface area contributed by atoms with Gasteiger partial charge in [-0.1, -0.05) is 0 Å². The molecule has 0 amide bonds. The van der Waals surface area contributed by atoms with E-state index in [1.165, 1.54) is 12.4 Å². The zero-order valence-electron chi connectivity index (χ0n) is 12.2. The number of anilines is 1. The maximum atomic E-state index is 11.4. The second-order valence-corrected chi connectivity index (χ2v) is 5.93. The fourth-order valence-electron chi connectivity index (χ4n) is 2.75. The van der Waals surface area contributed by atoms with Gasteiger partial charge in [-0.25, -0.2) is 0 Å². The number of nitrogens with zero attached hydrogens (tertiary/aromatic N) is 3. The summed E-state index contributed by atoms with van der Waals surface area (Å²) >= 11 is 0. The summed E-state index contributed by atoms with van der Waals surface area (Å²) in [5.41, 5.74) is -0.368. The molecule has 7 heteroatoms. The maximum Gasteiger partial charge on any atom is 0.310 e. The van der Waals surface area contributed by atoms with E-state index in [-0.39, 0.29) is 11.6 Å². The Hall–Kier alpha value is -2.18. The van der Waals surface area contributed by atoms with E-state index in [1.807, 2.05) is 4.90 Å². The predicted molar refractivity (Wildman–Crippen MR) is 77.2 cm³/mol. The third kappa shape index (κ3) is 2.96. The first-order valence-corrected chi connectivity index (χ1v) is 6.90. The van der Waals surface area contributed by atoms with Crippen LogP contribution in [0.1, 0.15) is 26.7 Å². The van der Waals surface area contributed by atoms with E-state index in [1.54, 1.807) is 19.9 Å². The highest BCUT2D eigenvalue weighted by atomic mass is 16.6. The van der Waals surface area contributed by atoms with Gasteiger partial charge in [0.15, 0.2) is 0 Å². The van der Waals surface area contributed by atoms with Crippen LogP contribution in [0.4, 0.5) is 11.4 Å². The summed E-state index contributed by atoms with van der Waals surface area (Å²) in [6.45, 7) is 4.62. The Kier molecular flexibility index (Phi) is 4.11. The van der Waals surface area contributed by atoms with Gasteiger partial charge in [0.25, 0.3) is 0 Å². The van der Waals surface area contributed by atoms with Gasteiger partial charge in [0.1, 0.15) is 11.9 Å². The van der Waals surface area contributed by atoms with Crippen LogP contribution >= 0.6 is 0 Å². The average Bonchev–Trinajstić information content (AvgIpc) is 2.47. The molecule has 1 aromatic heterocycles. The van der Waals surface area contributed by atoms with Crippen LogP contribution in [0, 0.1) is 21.4 Å². The first kappa shape index (κ1) is 15.2. The van der Waals surface area contributed by atoms with Gasteiger partial charge >= 0.3 is 11.7 Å². The highest BCUT2D eigenvalue weighted by Gasteiger charge is 2.39. The summed E-state index contributed by atoms with van der Waals surface area (Å²) in [5, 5.41) is 20.5. The Morgan fingerprint density at radius 1 is 1.57 bits per heavy atom. The highest BCUT2D eigenvalue weighted by molar-refractivity contribution is 5.74. The van der Waals surface area contributed by atoms with Crippen LogP contribution in [0.5, 0.6) is 0 Å². The number of carbonyl (C=O) groups is 1. The largest absolute Gasteiger partial charge is 0.481 e. The number of aromatic nitrogens is 1. The lowest BCUT2D eigenvalue weighted by molar-refractivity contribution is -0.384. The van der Waals surface area contributed by atoms with Crippen molar-refractivity contribution in [1.82, 2.24) is 4.98 Å². The van der Waals surface area contributed by atoms with Gasteiger partial charge in [-0.15, -0.1) is 0 Å². The fourth-order valence-corrected chi connectivity index (χ4v) is 2.75. The third-order valence-electron chi connectivity index (χ3n) is 4.31. The van der Waals surface area contributed by atoms with Crippen molar-refractivity contribution >= 4 is 17.3 Å². The smallest absolute Gasteiger partial charge is 0.310 e. The molecule has 21 heavy (non-hydrogen) atoms. The zero-order chi connectivity index (χ0) is 15.6. The molecule has 0 spiro atoms. The first-order valence-electron chi connectivity index (χ1n) is 6.90. The number of carboxylic acid groups (broad SMARTS) is 1. The standard InChI is InChI=1S/C14H19N3O4/c1-14(2,13(18)19)10-4-3-7-16(9-10)11-5-6-15-8-12(11)17(20)21/h5-6,8,10H,3-4,7,9H2,1-2H3,(H,18,19). The molecular formula is C14H19N3O4. The first-order chi connectivity index (χ1) is 9.84. The molecule has 0 radical (unpaired) electrons. The summed E-state index contributed by atoms with van der Waals surface area (Å²) in [7, 11) is 0. The van der Waals surface area contributed by atoms with E-state index < -0.39 is 16.3 Å². The molecule has 0 bridgehead atoms. The molecule has 1 aliphatic heterocycles. The number of carboxylic acids is 1. The van der Waals surface area contributed by atoms with Gasteiger partial charge in [0.05, 0.1) is 10.3 Å². The van der Waals surface area contributed by atoms with E-state index in [9.17, 15) is 20.0 Å². The topological polar surface area (TPSA) is 96.6 Å². The highest BCUT2D eigenvalue weighted by Crippen LogP contribution is 2.37. The molecule has 1 aromatic rings. The van der Waals surface area contributed by atoms with Crippen LogP contribution in [-0.2, 0) is 4.79 Å². The van der Waals surface area contributed by atoms with Crippen molar-refractivity contribution in [2.24, 2.45) is 11.3 Å². The van der Waals surface area contributed by atoms with Crippen LogP contribution in [0.3, 0.4) is 0 Å². The number of rotatable bonds is 4. The van der Waals surface area contributed by atoms with E-state index in [2.05, 4.69) is 4.98 Å². The number of nitro groups is 1. The molecule has 1 atom stereocenters. The molecule has 1 N–H and O–H groups in total. The minimum atomic E-state index is -0.847. The van der Waals surface area contributed by atoms with Crippen molar-refractivity contribution < 1.29 is 14.8 Å². The van der Waals surface area contributed by atoms with Gasteiger partial charge < -0.3 is 10.0 Å². The summed E-state index contributed by atoms with van der Waals surface area (Å²) in [5.74, 6) is -0.880. The van der Waals surface area contributed by atoms with Crippen molar-refractivity contribution in [1.29, 1.82) is 0 Å². The zero-order valence-corrected chi connectivity index (χ0v) is 12.2. The molecule has 2 rings (SSSR count). The number of hydrogen-bond acceptors (Lipinski definition) is 5. The lowest BCUT2D eigenvalue weighted by Gasteiger charge is -2.40. The molecular weight excluding hydrogens is 274 g/mol. The van der Waals surface area contributed by atoms with Gasteiger partial charge in [-0.05, 0) is 38.7 Å². The lowest BCUT2D eigenvalue weighted by Crippen LogP contribution is -2.45. The Morgan fingerprint density at radius 3 is 2.90 bits per heavy atom. The van der Waals surface area contributed by atoms with Crippen molar-refractivity contribution in [3.63, 3.8) is 0 Å². The molecule has 114 valence electrons. The second-order valence-electron chi connectivity index (χ2n) is 5.93. The van der Waals surface area contributed by atoms with E-state index in [0.717, 1.165) is 12.8 Å². The fraction of sp³-hybridized carbons (Fsp3) is 0.571. The molecule has 2 heterocycles. The summed E-state index contributed by atoms with van der Waals surface area (Å²) in [4.78, 5) is 27.7. The van der Waals surface area contributed by atoms with Gasteiger partial charge in [0, 0.05) is 19.3 Å². The molecule has 1 aliphatic rings. The molecule has 1 saturated heterocycles. The number of aliphatic carboxylic acids is 1. The Morgan fingerprint density at radius 2 is 2.29 bits per heavy atom. The maximum absolute atomic E-state index is 11.4. The SMILES string of the molecule is CC(C)(C(=O)O)C1CCCN(c2ccncc2[N+](=O)[O-])C1. The monoisotopic (exact) mass is 293 g/mol. The third-order valence-corrected chi connectivity index (χ3v) is 4.31. The minimum absolute atomic E-state index is 0.0359. The average molecular weight is 293 g/mol. The van der Waals surface area contributed by atoms with Gasteiger partial charge in [-0.2, -0.15) is 0 Å². The second kappa shape index (κ2) is 5.67. The van der Waals surface area contributed by atoms with Gasteiger partial charge in [0.2, 0.25) is 0 Å². The van der Waals surface area contributed by atoms with Crippen molar-refractivity contribution in [2.45, 2.75) is 26.7 Å². The molecule has 7 nitrogen and oxygen atoms in total. The van der Waals surface area contributed by atoms with Crippen molar-refractivity contribution in [2.75, 3.05) is 18.0 Å². The predicted octanol–water partition coefficient (Wildman–Crippen LogP) is 2.32. The molecule has 0 aromatic carbocycles. The van der Waals surface area contributed by atoms with Crippen LogP contribution in [0.2, 0.25) is 0 Å². The van der Waals surface area contributed by atoms with E-state index in [4.69, 9.17) is 0 Å². The Labute approximate surface area is 122 Å². The minimum Gasteiger partial charge on any atom is -0.481 e. The van der Waals surface area contributed by atoms with Crippen LogP contribution < -0.4 is 4.90 Å². The van der Waals surface area contributed by atoms with Crippen LogP contribution in [0.25, 0.3) is 0 Å². The summed E-state index contributed by atoms with van der Waals surface area (Å²) in [6, 6.07) is 1.62. The Bertz CT molecular complexity index is 559. The van der Waals surface area contributed by atoms with Crippen molar-refractivity contribution in [3.05, 3.63) is 28.6 Å². The van der Waals surface area contributed by atoms with Crippen LogP contribution in [-0.4, -0.2) is 34.1 Å². The lowest BCUT2D eigenvalue weighted by atomic mass is 9.74. The molecule has 1 fully saturated rings. The summed E-state index contributed by atoms with van der Waals surface area (Å²) < 4.78 is 0. The van der Waals surface area contributed by atoms with Crippen molar-refractivity contribution in [3.8, 4) is 0 Å². The quantitative estimate of drug-likeness (QED) is 0.676. The molecule has 0 saturated carbocycles. The normalized spacial score (nSPS) is 19.3. The molecule has 1 unspecified atom stereocenters. The number of hydrogen-bond donors (Lipinski definition) is 1. The van der Waals surface area contributed by atoms with E-state index >= 15 is 0 Å². The number of pyridine rings is 1. The van der Waals surface area contributed by atoms with Gasteiger partial charge in [-0.3, -0.25) is 19.9 Å². The van der Waals surface area contributed by atoms with Crippen LogP contribution in [0.15, 0.2) is 18.5 Å². The summed E-state index contributed by atoms with van der Waals surface area (Å²) in [6.07, 6.45) is 4.39. The number of piperidine rings is 1. The van der Waals surface area contributed by atoms with E-state index in [0.29, 0.717) is 18.8 Å². The Balaban J connectivity index is 2.27.